The van der Waals surface area contributed by atoms with Gasteiger partial charge in [0, 0.05) is 39.8 Å². The first-order valence-corrected chi connectivity index (χ1v) is 17.8. The van der Waals surface area contributed by atoms with E-state index >= 15 is 0 Å². The Labute approximate surface area is 284 Å². The van der Waals surface area contributed by atoms with Crippen molar-refractivity contribution in [3.05, 3.63) is 68.8 Å². The Bertz CT molecular complexity index is 1710. The molecular weight excluding hydrogens is 727 g/mol. The van der Waals surface area contributed by atoms with Gasteiger partial charge in [0.05, 0.1) is 27.6 Å². The maximum absolute atomic E-state index is 11.2. The number of fused-ring (bicyclic) bond motifs is 2. The fourth-order valence-corrected chi connectivity index (χ4v) is 6.32. The van der Waals surface area contributed by atoms with Crippen molar-refractivity contribution in [1.82, 2.24) is 0 Å². The minimum Gasteiger partial charge on any atom is -0.748 e. The Morgan fingerprint density at radius 3 is 2.40 bits per heavy atom. The zero-order chi connectivity index (χ0) is 29.8. The SMILES string of the molecule is CCC(/C=C1\Oc2ccc(Br)cc2N1CCCCS(=O)(=O)[O-])=C\c1oc2ccc(Br)cc2[n+]1CCCCS(=O)(=O)O.[Na+]. The maximum atomic E-state index is 11.2. The topological polar surface area (TPSA) is 141 Å². The second-order valence-electron chi connectivity index (χ2n) is 9.59. The van der Waals surface area contributed by atoms with E-state index in [1.54, 1.807) is 0 Å². The van der Waals surface area contributed by atoms with E-state index in [-0.39, 0.29) is 41.7 Å². The third kappa shape index (κ3) is 9.89. The van der Waals surface area contributed by atoms with E-state index in [2.05, 4.69) is 31.9 Å². The maximum Gasteiger partial charge on any atom is 1.00 e. The normalized spacial score (nSPS) is 14.7. The molecule has 2 aromatic carbocycles. The molecule has 0 atom stereocenters. The number of ether oxygens (including phenoxy) is 1. The number of anilines is 1. The number of aromatic nitrogens is 1. The van der Waals surface area contributed by atoms with E-state index in [0.717, 1.165) is 25.7 Å². The van der Waals surface area contributed by atoms with Crippen molar-refractivity contribution in [3.8, 4) is 5.75 Å². The van der Waals surface area contributed by atoms with Gasteiger partial charge >= 0.3 is 35.4 Å². The largest absolute Gasteiger partial charge is 1.00 e. The monoisotopic (exact) mass is 755 g/mol. The van der Waals surface area contributed by atoms with Gasteiger partial charge in [-0.25, -0.2) is 8.42 Å². The number of benzene rings is 2. The molecule has 2 heterocycles. The Kier molecular flexibility index (Phi) is 12.7. The third-order valence-electron chi connectivity index (χ3n) is 6.47. The van der Waals surface area contributed by atoms with Crippen LogP contribution in [0.4, 0.5) is 5.69 Å². The second-order valence-corrected chi connectivity index (χ2v) is 14.5. The summed E-state index contributed by atoms with van der Waals surface area (Å²) in [4.78, 5) is 1.96. The second kappa shape index (κ2) is 15.2. The van der Waals surface area contributed by atoms with E-state index in [4.69, 9.17) is 13.7 Å². The van der Waals surface area contributed by atoms with Crippen molar-refractivity contribution in [2.45, 2.75) is 45.6 Å². The molecule has 1 aromatic heterocycles. The van der Waals surface area contributed by atoms with Crippen LogP contribution in [0.1, 0.15) is 44.9 Å². The number of allylic oxidation sites excluding steroid dienone is 2. The van der Waals surface area contributed by atoms with Gasteiger partial charge in [-0.3, -0.25) is 4.55 Å². The summed E-state index contributed by atoms with van der Waals surface area (Å²) in [6.07, 6.45) is 5.97. The first-order valence-electron chi connectivity index (χ1n) is 13.0. The molecular formula is C27H30Br2N2NaO8S2+. The summed E-state index contributed by atoms with van der Waals surface area (Å²) in [5, 5.41) is 0. The molecule has 0 aliphatic carbocycles. The van der Waals surface area contributed by atoms with Gasteiger partial charge in [0.2, 0.25) is 11.5 Å². The van der Waals surface area contributed by atoms with Gasteiger partial charge in [0.15, 0.2) is 12.3 Å². The molecule has 1 aliphatic heterocycles. The number of oxazole rings is 1. The van der Waals surface area contributed by atoms with Crippen molar-refractivity contribution >= 4 is 75.0 Å². The number of hydrogen-bond acceptors (Lipinski definition) is 8. The first-order chi connectivity index (χ1) is 19.3. The van der Waals surface area contributed by atoms with E-state index < -0.39 is 26.0 Å². The van der Waals surface area contributed by atoms with Crippen LogP contribution >= 0.6 is 31.9 Å². The van der Waals surface area contributed by atoms with Gasteiger partial charge in [-0.15, -0.1) is 0 Å². The average molecular weight is 757 g/mol. The fraction of sp³-hybridized carbons (Fsp3) is 0.370. The molecule has 0 bridgehead atoms. The van der Waals surface area contributed by atoms with Gasteiger partial charge in [-0.2, -0.15) is 13.0 Å². The van der Waals surface area contributed by atoms with Crippen LogP contribution in [0, 0.1) is 0 Å². The summed E-state index contributed by atoms with van der Waals surface area (Å²) in [7, 11) is -8.32. The van der Waals surface area contributed by atoms with Crippen LogP contribution in [-0.2, 0) is 26.8 Å². The molecule has 0 saturated heterocycles. The summed E-state index contributed by atoms with van der Waals surface area (Å²) in [5.41, 5.74) is 3.23. The van der Waals surface area contributed by atoms with Crippen LogP contribution in [0.3, 0.4) is 0 Å². The number of unbranched alkanes of at least 4 members (excludes halogenated alkanes) is 2. The summed E-state index contributed by atoms with van der Waals surface area (Å²) >= 11 is 7.00. The zero-order valence-corrected chi connectivity index (χ0v) is 30.1. The van der Waals surface area contributed by atoms with Crippen molar-refractivity contribution < 1.29 is 69.2 Å². The number of nitrogens with zero attached hydrogens (tertiary/aromatic N) is 2. The first kappa shape index (κ1) is 35.3. The fourth-order valence-electron chi connectivity index (χ4n) is 4.49. The molecule has 1 N–H and O–H groups in total. The molecule has 42 heavy (non-hydrogen) atoms. The van der Waals surface area contributed by atoms with Crippen LogP contribution in [0.2, 0.25) is 0 Å². The van der Waals surface area contributed by atoms with E-state index in [0.29, 0.717) is 61.9 Å². The van der Waals surface area contributed by atoms with Gasteiger partial charge in [-0.05, 0) is 61.6 Å². The van der Waals surface area contributed by atoms with Crippen LogP contribution in [0.25, 0.3) is 17.2 Å². The predicted octanol–water partition coefficient (Wildman–Crippen LogP) is 2.78. The summed E-state index contributed by atoms with van der Waals surface area (Å²) in [5.74, 6) is 1.07. The smallest absolute Gasteiger partial charge is 0.748 e. The molecule has 0 radical (unpaired) electrons. The molecule has 4 rings (SSSR count). The summed E-state index contributed by atoms with van der Waals surface area (Å²) in [6.45, 7) is 2.93. The molecule has 10 nitrogen and oxygen atoms in total. The molecule has 0 amide bonds. The summed E-state index contributed by atoms with van der Waals surface area (Å²) < 4.78 is 80.7. The van der Waals surface area contributed by atoms with Gasteiger partial charge < -0.3 is 18.6 Å². The Morgan fingerprint density at radius 2 is 1.71 bits per heavy atom. The van der Waals surface area contributed by atoms with Crippen LogP contribution in [0.5, 0.6) is 5.75 Å². The van der Waals surface area contributed by atoms with Crippen molar-refractivity contribution in [3.63, 3.8) is 0 Å². The zero-order valence-electron chi connectivity index (χ0n) is 23.3. The van der Waals surface area contributed by atoms with Crippen LogP contribution in [-0.4, -0.2) is 44.0 Å². The number of hydrogen-bond donors (Lipinski definition) is 1. The molecule has 0 saturated carbocycles. The van der Waals surface area contributed by atoms with Crippen molar-refractivity contribution in [2.24, 2.45) is 0 Å². The average Bonchev–Trinajstić information content (AvgIpc) is 3.39. The van der Waals surface area contributed by atoms with E-state index in [1.807, 2.05) is 64.9 Å². The number of aryl methyl sites for hydroxylation is 1. The molecule has 0 fully saturated rings. The number of rotatable bonds is 13. The standard InChI is InChI=1S/C27H30Br2N2O8S2.Na/c1-2-19(15-26-30(11-3-5-13-40(32,33)34)22-17-20(28)7-9-24(22)38-26)16-27-31(12-4-6-14-41(35,36)37)23-18-21(29)8-10-25(23)39-27;/h7-10,15-18H,2-6,11-14H2,1H3,(H-,32,33,34,35,36,37);/q;+1. The quantitative estimate of drug-likeness (QED) is 0.121. The van der Waals surface area contributed by atoms with Gasteiger partial charge in [0.1, 0.15) is 0 Å². The van der Waals surface area contributed by atoms with E-state index in [9.17, 15) is 21.4 Å². The minimum absolute atomic E-state index is 0. The Morgan fingerprint density at radius 1 is 1.02 bits per heavy atom. The summed E-state index contributed by atoms with van der Waals surface area (Å²) in [6, 6.07) is 11.3. The van der Waals surface area contributed by atoms with Gasteiger partial charge in [0.25, 0.3) is 15.6 Å². The number of halogens is 2. The Hall–Kier alpha value is -1.23. The van der Waals surface area contributed by atoms with Crippen molar-refractivity contribution in [2.75, 3.05) is 23.0 Å². The molecule has 15 heteroatoms. The molecule has 1 aliphatic rings. The Balaban J connectivity index is 0.00000484. The minimum atomic E-state index is -4.28. The van der Waals surface area contributed by atoms with Gasteiger partial charge in [-0.1, -0.05) is 38.8 Å². The molecule has 0 spiro atoms. The van der Waals surface area contributed by atoms with Crippen LogP contribution in [0.15, 0.2) is 67.3 Å². The molecule has 3 aromatic rings. The molecule has 222 valence electrons. The van der Waals surface area contributed by atoms with Crippen molar-refractivity contribution in [1.29, 1.82) is 0 Å². The molecule has 0 unspecified atom stereocenters. The van der Waals surface area contributed by atoms with Crippen LogP contribution < -0.4 is 43.8 Å². The predicted molar refractivity (Wildman–Crippen MR) is 162 cm³/mol. The van der Waals surface area contributed by atoms with E-state index in [1.165, 1.54) is 0 Å². The third-order valence-corrected chi connectivity index (χ3v) is 9.05.